The standard InChI is InChI=1S/3C22H14N4.2C4H10O.2C2H3N.4ClHO4.2Co/c3*1-3-15-23-19(9-1)21-11-5-7-17(25-21)13-14-18-8-6-12-22(26-18)20-10-2-4-16-24-20;2*1-3-5-4-2;2*1-2-3;4*2-1(3,4)5;;/h3*1-12,15-16H;2*3-4H2,1-2H3;2*1H3;4*(H,2,3,4,5);;/q;;;;;;;;;;;2*+2/p-4. The summed E-state index contributed by atoms with van der Waals surface area (Å²) < 4.78 is 146. The van der Waals surface area contributed by atoms with Gasteiger partial charge in [-0.15, -0.1) is 41.0 Å². The van der Waals surface area contributed by atoms with Gasteiger partial charge in [0.15, 0.2) is 0 Å². The molecule has 32 nitrogen and oxygen atoms in total. The third-order valence-electron chi connectivity index (χ3n) is 11.8. The summed E-state index contributed by atoms with van der Waals surface area (Å²) >= 11 is 0. The maximum Gasteiger partial charge on any atom is 2.00 e. The van der Waals surface area contributed by atoms with Crippen LogP contribution in [0.15, 0.2) is 256 Å². The van der Waals surface area contributed by atoms with Crippen molar-refractivity contribution in [2.45, 2.75) is 41.5 Å². The van der Waals surface area contributed by atoms with Crippen molar-refractivity contribution in [2.24, 2.45) is 0 Å². The van der Waals surface area contributed by atoms with E-state index in [1.165, 1.54) is 13.8 Å². The molecule has 38 heteroatoms. The largest absolute Gasteiger partial charge is 2.00 e. The third-order valence-corrected chi connectivity index (χ3v) is 11.8. The number of halogens is 4. The van der Waals surface area contributed by atoms with Gasteiger partial charge in [0.25, 0.3) is 0 Å². The molecule has 604 valence electrons. The van der Waals surface area contributed by atoms with Crippen molar-refractivity contribution in [3.05, 3.63) is 290 Å². The fraction of sp³-hybridized carbons (Fsp3) is 0.128. The second-order valence-electron chi connectivity index (χ2n) is 20.0. The fourth-order valence-electron chi connectivity index (χ4n) is 7.76. The molecule has 0 N–H and O–H groups in total. The van der Waals surface area contributed by atoms with Crippen molar-refractivity contribution >= 4 is 0 Å². The van der Waals surface area contributed by atoms with Gasteiger partial charge in [0.1, 0.15) is 34.2 Å². The van der Waals surface area contributed by atoms with Gasteiger partial charge in [-0.1, -0.05) is 72.8 Å². The predicted octanol–water partition coefficient (Wildman–Crippen LogP) is -3.88. The van der Waals surface area contributed by atoms with Crippen LogP contribution in [-0.4, -0.2) is 86.2 Å². The zero-order chi connectivity index (χ0) is 84.5. The molecule has 0 unspecified atom stereocenters. The summed E-state index contributed by atoms with van der Waals surface area (Å²) in [5, 5.41) is 14.6. The van der Waals surface area contributed by atoms with Gasteiger partial charge in [0, 0.05) is 77.5 Å². The van der Waals surface area contributed by atoms with Crippen molar-refractivity contribution in [2.75, 3.05) is 26.4 Å². The van der Waals surface area contributed by atoms with Crippen molar-refractivity contribution in [3.63, 3.8) is 0 Å². The van der Waals surface area contributed by atoms with Crippen LogP contribution in [0.5, 0.6) is 0 Å². The molecule has 0 amide bonds. The van der Waals surface area contributed by atoms with Crippen molar-refractivity contribution < 1.29 is 159 Å². The van der Waals surface area contributed by atoms with Gasteiger partial charge in [-0.3, -0.25) is 29.9 Å². The normalized spacial score (nSPS) is 9.66. The maximum absolute atomic E-state index is 8.49. The molecule has 0 fully saturated rings. The predicted molar refractivity (Wildman–Crippen MR) is 370 cm³/mol. The summed E-state index contributed by atoms with van der Waals surface area (Å²) in [5.74, 6) is 18.5. The molecule has 0 aliphatic heterocycles. The van der Waals surface area contributed by atoms with Gasteiger partial charge in [0.05, 0.1) is 80.5 Å². The van der Waals surface area contributed by atoms with Gasteiger partial charge in [-0.2, -0.15) is 10.5 Å². The van der Waals surface area contributed by atoms with Gasteiger partial charge in [-0.05, 0) is 209 Å². The molecule has 12 heterocycles. The molecule has 0 aliphatic carbocycles. The molecule has 0 bridgehead atoms. The summed E-state index contributed by atoms with van der Waals surface area (Å²) in [5.41, 5.74) is 13.8. The summed E-state index contributed by atoms with van der Waals surface area (Å²) in [6.45, 7) is 14.2. The zero-order valence-electron chi connectivity index (χ0n) is 61.9. The van der Waals surface area contributed by atoms with Gasteiger partial charge in [0.2, 0.25) is 0 Å². The molecule has 0 spiro atoms. The molecule has 12 rings (SSSR count). The third kappa shape index (κ3) is 54.6. The summed E-state index contributed by atoms with van der Waals surface area (Å²) in [6, 6.07) is 72.4. The molecule has 0 aromatic carbocycles. The average Bonchev–Trinajstić information content (AvgIpc) is 0.858. The monoisotopic (exact) mass is 1750 g/mol. The van der Waals surface area contributed by atoms with Crippen LogP contribution in [0.3, 0.4) is 0 Å². The number of nitriles is 2. The first-order chi connectivity index (χ1) is 54.3. The van der Waals surface area contributed by atoms with E-state index in [0.717, 1.165) is 94.8 Å². The minimum absolute atomic E-state index is 0. The Bertz CT molecular complexity index is 4190. The van der Waals surface area contributed by atoms with Crippen LogP contribution in [0, 0.1) is 99.2 Å². The quantitative estimate of drug-likeness (QED) is 0.118. The molecule has 116 heavy (non-hydrogen) atoms. The van der Waals surface area contributed by atoms with E-state index in [1.54, 1.807) is 49.3 Å². The van der Waals surface area contributed by atoms with Gasteiger partial charge < -0.3 is 9.47 Å². The van der Waals surface area contributed by atoms with E-state index in [1.807, 2.05) is 246 Å². The molecule has 12 aromatic rings. The minimum Gasteiger partial charge on any atom is -0.382 e. The fourth-order valence-corrected chi connectivity index (χ4v) is 7.76. The van der Waals surface area contributed by atoms with Crippen molar-refractivity contribution in [1.82, 2.24) is 59.8 Å². The van der Waals surface area contributed by atoms with E-state index in [4.69, 9.17) is 94.5 Å². The summed E-state index contributed by atoms with van der Waals surface area (Å²) in [7, 11) is -19.8. The Morgan fingerprint density at radius 1 is 0.233 bits per heavy atom. The summed E-state index contributed by atoms with van der Waals surface area (Å²) in [4.78, 5) is 53.3. The van der Waals surface area contributed by atoms with Gasteiger partial charge >= 0.3 is 33.6 Å². The molecule has 0 aliphatic rings. The van der Waals surface area contributed by atoms with E-state index in [2.05, 4.69) is 95.3 Å². The molecular formula is C78H68Cl4Co2N14O18. The van der Waals surface area contributed by atoms with Crippen LogP contribution < -0.4 is 74.5 Å². The van der Waals surface area contributed by atoms with Crippen LogP contribution in [0.25, 0.3) is 68.3 Å². The molecule has 2 radical (unpaired) electrons. The van der Waals surface area contributed by atoms with Crippen LogP contribution in [0.2, 0.25) is 0 Å². The Hall–Kier alpha value is -11.1. The zero-order valence-corrected chi connectivity index (χ0v) is 67.0. The topological polar surface area (TPSA) is 590 Å². The SMILES string of the molecule is C(#Cc1cccc(-c2ccccn2)n1)c1cccc(-c2ccccn2)n1.C(#Cc1cccc(-c2ccccn2)n1)c1cccc(-c2ccccn2)n1.C(#Cc1cccc(-c2ccccn2)n1)c1cccc(-c2ccccn2)n1.CC#N.CC#N.CCOCC.CCOCC.[Co+2].[Co+2].[O-][Cl+3]([O-])([O-])[O-].[O-][Cl+3]([O-])([O-])[O-].[O-][Cl+3]([O-])([O-])[O-].[O-][Cl+3]([O-])([O-])[O-]. The Morgan fingerprint density at radius 2 is 0.353 bits per heavy atom. The smallest absolute Gasteiger partial charge is 0.382 e. The van der Waals surface area contributed by atoms with Crippen molar-refractivity contribution in [1.29, 1.82) is 10.5 Å². The molecule has 0 atom stereocenters. The van der Waals surface area contributed by atoms with E-state index in [9.17, 15) is 0 Å². The van der Waals surface area contributed by atoms with Crippen LogP contribution in [0.4, 0.5) is 0 Å². The van der Waals surface area contributed by atoms with Crippen LogP contribution in [-0.2, 0) is 43.0 Å². The Morgan fingerprint density at radius 3 is 0.448 bits per heavy atom. The van der Waals surface area contributed by atoms with E-state index in [0.29, 0.717) is 34.2 Å². The first-order valence-corrected chi connectivity index (χ1v) is 37.4. The first kappa shape index (κ1) is 105. The number of pyridine rings is 12. The van der Waals surface area contributed by atoms with Crippen LogP contribution in [0.1, 0.15) is 75.7 Å². The number of hydrogen-bond donors (Lipinski definition) is 0. The Kier molecular flexibility index (Phi) is 54.7. The maximum atomic E-state index is 8.49. The molecule has 0 saturated heterocycles. The van der Waals surface area contributed by atoms with Crippen LogP contribution >= 0.6 is 0 Å². The Labute approximate surface area is 698 Å². The number of nitrogens with zero attached hydrogens (tertiary/aromatic N) is 14. The number of hydrogen-bond acceptors (Lipinski definition) is 32. The summed E-state index contributed by atoms with van der Waals surface area (Å²) in [6.07, 6.45) is 10.5. The second kappa shape index (κ2) is 60.5. The second-order valence-corrected chi connectivity index (χ2v) is 23.0. The van der Waals surface area contributed by atoms with E-state index in [-0.39, 0.29) is 33.6 Å². The molecule has 12 aromatic heterocycles. The van der Waals surface area contributed by atoms with E-state index < -0.39 is 41.0 Å². The molecular weight excluding hydrogens is 1680 g/mol. The number of ether oxygens (including phenoxy) is 2. The average molecular weight is 1750 g/mol. The van der Waals surface area contributed by atoms with Gasteiger partial charge in [-0.25, -0.2) is 104 Å². The first-order valence-electron chi connectivity index (χ1n) is 32.4. The van der Waals surface area contributed by atoms with E-state index >= 15 is 0 Å². The Balaban J connectivity index is 0.00000140. The minimum atomic E-state index is -4.94. The number of rotatable bonds is 10. The number of aromatic nitrogens is 12. The molecule has 0 saturated carbocycles. The van der Waals surface area contributed by atoms with Crippen molar-refractivity contribution in [3.8, 4) is 116 Å².